The summed E-state index contributed by atoms with van der Waals surface area (Å²) in [4.78, 5) is 12.2. The van der Waals surface area contributed by atoms with Crippen LogP contribution < -0.4 is 11.2 Å². The van der Waals surface area contributed by atoms with Gasteiger partial charge in [-0.1, -0.05) is 30.8 Å². The molecule has 0 spiro atoms. The maximum atomic E-state index is 12.2. The number of carbonyl (C=O) groups excluding carboxylic acids is 1. The number of amides is 1. The lowest BCUT2D eigenvalue weighted by atomic mass is 10.1. The second kappa shape index (κ2) is 6.62. The number of nitrogen functional groups attached to an aromatic ring is 1. The average molecular weight is 305 g/mol. The minimum absolute atomic E-state index is 0.0927. The van der Waals surface area contributed by atoms with E-state index in [1.54, 1.807) is 6.92 Å². The van der Waals surface area contributed by atoms with Crippen molar-refractivity contribution in [2.45, 2.75) is 37.6 Å². The minimum Gasteiger partial charge on any atom is -0.336 e. The maximum absolute atomic E-state index is 12.2. The number of nitrogens with zero attached hydrogens (tertiary/aromatic N) is 3. The van der Waals surface area contributed by atoms with E-state index in [0.29, 0.717) is 11.0 Å². The summed E-state index contributed by atoms with van der Waals surface area (Å²) >= 11 is 1.28. The molecular formula is C14H19N5OS. The highest BCUT2D eigenvalue weighted by Crippen LogP contribution is 2.22. The third kappa shape index (κ3) is 3.75. The van der Waals surface area contributed by atoms with Crippen molar-refractivity contribution in [2.75, 3.05) is 11.2 Å². The Labute approximate surface area is 128 Å². The molecule has 2 rings (SSSR count). The van der Waals surface area contributed by atoms with Crippen molar-refractivity contribution in [1.82, 2.24) is 14.9 Å². The van der Waals surface area contributed by atoms with E-state index >= 15 is 0 Å². The van der Waals surface area contributed by atoms with Crippen LogP contribution in [0, 0.1) is 6.92 Å². The SMILES string of the molecule is CCc1ccc(NC(=O)[C@@H](C)Sc2nnc(C)n2N)cc1. The van der Waals surface area contributed by atoms with Crippen LogP contribution in [-0.4, -0.2) is 26.0 Å². The molecule has 1 amide bonds. The number of thioether (sulfide) groups is 1. The van der Waals surface area contributed by atoms with Crippen molar-refractivity contribution in [3.05, 3.63) is 35.7 Å². The molecule has 0 radical (unpaired) electrons. The smallest absolute Gasteiger partial charge is 0.237 e. The minimum atomic E-state index is -0.318. The van der Waals surface area contributed by atoms with Crippen LogP contribution in [0.1, 0.15) is 25.2 Å². The monoisotopic (exact) mass is 305 g/mol. The van der Waals surface area contributed by atoms with E-state index in [1.807, 2.05) is 31.2 Å². The molecule has 6 nitrogen and oxygen atoms in total. The third-order valence-electron chi connectivity index (χ3n) is 3.12. The summed E-state index contributed by atoms with van der Waals surface area (Å²) in [5, 5.41) is 10.9. The Balaban J connectivity index is 1.97. The van der Waals surface area contributed by atoms with E-state index < -0.39 is 0 Å². The molecule has 21 heavy (non-hydrogen) atoms. The Kier molecular flexibility index (Phi) is 4.85. The van der Waals surface area contributed by atoms with E-state index in [1.165, 1.54) is 22.0 Å². The topological polar surface area (TPSA) is 85.8 Å². The molecule has 112 valence electrons. The predicted octanol–water partition coefficient (Wildman–Crippen LogP) is 1.98. The molecule has 0 saturated heterocycles. The first-order valence-corrected chi connectivity index (χ1v) is 7.62. The van der Waals surface area contributed by atoms with E-state index in [9.17, 15) is 4.79 Å². The van der Waals surface area contributed by atoms with Crippen LogP contribution in [-0.2, 0) is 11.2 Å². The van der Waals surface area contributed by atoms with Crippen molar-refractivity contribution in [3.63, 3.8) is 0 Å². The number of benzene rings is 1. The molecule has 7 heteroatoms. The first-order chi connectivity index (χ1) is 10.0. The molecule has 1 aromatic heterocycles. The zero-order valence-corrected chi connectivity index (χ0v) is 13.1. The summed E-state index contributed by atoms with van der Waals surface area (Å²) in [6.45, 7) is 5.67. The summed E-state index contributed by atoms with van der Waals surface area (Å²) in [6, 6.07) is 7.83. The van der Waals surface area contributed by atoms with Crippen LogP contribution >= 0.6 is 11.8 Å². The molecule has 0 aliphatic rings. The van der Waals surface area contributed by atoms with Gasteiger partial charge in [0.1, 0.15) is 5.82 Å². The van der Waals surface area contributed by atoms with Gasteiger partial charge in [0, 0.05) is 5.69 Å². The Morgan fingerprint density at radius 2 is 2.05 bits per heavy atom. The van der Waals surface area contributed by atoms with Gasteiger partial charge in [0.15, 0.2) is 0 Å². The van der Waals surface area contributed by atoms with Gasteiger partial charge < -0.3 is 11.2 Å². The highest BCUT2D eigenvalue weighted by molar-refractivity contribution is 8.00. The summed E-state index contributed by atoms with van der Waals surface area (Å²) < 4.78 is 1.38. The fourth-order valence-corrected chi connectivity index (χ4v) is 2.53. The highest BCUT2D eigenvalue weighted by Gasteiger charge is 2.18. The average Bonchev–Trinajstić information content (AvgIpc) is 2.80. The van der Waals surface area contributed by atoms with Gasteiger partial charge in [0.05, 0.1) is 5.25 Å². The van der Waals surface area contributed by atoms with Gasteiger partial charge in [-0.25, -0.2) is 4.68 Å². The second-order valence-electron chi connectivity index (χ2n) is 4.70. The Morgan fingerprint density at radius 3 is 2.57 bits per heavy atom. The Bertz CT molecular complexity index is 623. The number of aryl methyl sites for hydroxylation is 2. The molecule has 2 aromatic rings. The van der Waals surface area contributed by atoms with E-state index in [-0.39, 0.29) is 11.2 Å². The van der Waals surface area contributed by atoms with Gasteiger partial charge in [0.25, 0.3) is 0 Å². The quantitative estimate of drug-likeness (QED) is 0.651. The first kappa shape index (κ1) is 15.4. The van der Waals surface area contributed by atoms with Gasteiger partial charge in [-0.2, -0.15) is 0 Å². The highest BCUT2D eigenvalue weighted by atomic mass is 32.2. The predicted molar refractivity (Wildman–Crippen MR) is 84.7 cm³/mol. The number of nitrogens with one attached hydrogen (secondary N) is 1. The molecule has 1 atom stereocenters. The van der Waals surface area contributed by atoms with Crippen molar-refractivity contribution < 1.29 is 4.79 Å². The van der Waals surface area contributed by atoms with Crippen molar-refractivity contribution in [1.29, 1.82) is 0 Å². The molecule has 0 unspecified atom stereocenters. The van der Waals surface area contributed by atoms with Gasteiger partial charge in [-0.15, -0.1) is 10.2 Å². The second-order valence-corrected chi connectivity index (χ2v) is 6.01. The molecular weight excluding hydrogens is 286 g/mol. The lowest BCUT2D eigenvalue weighted by molar-refractivity contribution is -0.115. The van der Waals surface area contributed by atoms with Gasteiger partial charge >= 0.3 is 0 Å². The number of carbonyl (C=O) groups is 1. The lowest BCUT2D eigenvalue weighted by Gasteiger charge is -2.11. The number of aromatic nitrogens is 3. The number of hydrogen-bond acceptors (Lipinski definition) is 5. The maximum Gasteiger partial charge on any atom is 0.237 e. The zero-order valence-electron chi connectivity index (χ0n) is 12.3. The standard InChI is InChI=1S/C14H19N5OS/c1-4-11-5-7-12(8-6-11)16-13(20)9(2)21-14-18-17-10(3)19(14)15/h5-9H,4,15H2,1-3H3,(H,16,20)/t9-/m1/s1. The van der Waals surface area contributed by atoms with Crippen molar-refractivity contribution in [2.24, 2.45) is 0 Å². The van der Waals surface area contributed by atoms with Crippen LogP contribution in [0.5, 0.6) is 0 Å². The molecule has 0 aliphatic carbocycles. The van der Waals surface area contributed by atoms with Crippen LogP contribution in [0.15, 0.2) is 29.4 Å². The third-order valence-corrected chi connectivity index (χ3v) is 4.17. The van der Waals surface area contributed by atoms with Gasteiger partial charge in [-0.05, 0) is 38.0 Å². The molecule has 0 saturated carbocycles. The molecule has 1 heterocycles. The lowest BCUT2D eigenvalue weighted by Crippen LogP contribution is -2.23. The summed E-state index contributed by atoms with van der Waals surface area (Å²) in [5.41, 5.74) is 2.03. The molecule has 0 aliphatic heterocycles. The van der Waals surface area contributed by atoms with E-state index in [4.69, 9.17) is 5.84 Å². The van der Waals surface area contributed by atoms with Gasteiger partial charge in [0.2, 0.25) is 11.1 Å². The van der Waals surface area contributed by atoms with Gasteiger partial charge in [-0.3, -0.25) is 4.79 Å². The van der Waals surface area contributed by atoms with Crippen LogP contribution in [0.4, 0.5) is 5.69 Å². The normalized spacial score (nSPS) is 12.1. The summed E-state index contributed by atoms with van der Waals surface area (Å²) in [5.74, 6) is 6.29. The van der Waals surface area contributed by atoms with E-state index in [0.717, 1.165) is 12.1 Å². The fraction of sp³-hybridized carbons (Fsp3) is 0.357. The number of nitrogens with two attached hydrogens (primary N) is 1. The van der Waals surface area contributed by atoms with Crippen LogP contribution in [0.25, 0.3) is 0 Å². The zero-order chi connectivity index (χ0) is 15.4. The Morgan fingerprint density at radius 1 is 1.38 bits per heavy atom. The molecule has 0 bridgehead atoms. The molecule has 0 fully saturated rings. The fourth-order valence-electron chi connectivity index (χ4n) is 1.71. The van der Waals surface area contributed by atoms with Crippen LogP contribution in [0.2, 0.25) is 0 Å². The van der Waals surface area contributed by atoms with E-state index in [2.05, 4.69) is 22.4 Å². The Hall–Kier alpha value is -2.02. The number of anilines is 1. The molecule has 3 N–H and O–H groups in total. The molecule has 1 aromatic carbocycles. The number of rotatable bonds is 5. The summed E-state index contributed by atoms with van der Waals surface area (Å²) in [7, 11) is 0. The number of hydrogen-bond donors (Lipinski definition) is 2. The largest absolute Gasteiger partial charge is 0.336 e. The summed E-state index contributed by atoms with van der Waals surface area (Å²) in [6.07, 6.45) is 0.978. The van der Waals surface area contributed by atoms with Crippen molar-refractivity contribution >= 4 is 23.4 Å². The first-order valence-electron chi connectivity index (χ1n) is 6.74. The van der Waals surface area contributed by atoms with Crippen LogP contribution in [0.3, 0.4) is 0 Å². The van der Waals surface area contributed by atoms with Crippen molar-refractivity contribution in [3.8, 4) is 0 Å².